The van der Waals surface area contributed by atoms with Crippen LogP contribution in [-0.2, 0) is 9.53 Å². The zero-order valence-electron chi connectivity index (χ0n) is 16.3. The van der Waals surface area contributed by atoms with Crippen molar-refractivity contribution in [1.29, 1.82) is 0 Å². The van der Waals surface area contributed by atoms with Gasteiger partial charge in [-0.3, -0.25) is 9.69 Å². The summed E-state index contributed by atoms with van der Waals surface area (Å²) in [5.41, 5.74) is 4.84. The molecule has 0 bridgehead atoms. The third-order valence-corrected chi connectivity index (χ3v) is 4.74. The van der Waals surface area contributed by atoms with E-state index in [1.165, 1.54) is 16.7 Å². The lowest BCUT2D eigenvalue weighted by atomic mass is 10.0. The Morgan fingerprint density at radius 2 is 1.80 bits per heavy atom. The Morgan fingerprint density at radius 3 is 2.48 bits per heavy atom. The molecule has 0 saturated carbocycles. The van der Waals surface area contributed by atoms with Gasteiger partial charge in [0, 0.05) is 32.3 Å². The van der Waals surface area contributed by atoms with Gasteiger partial charge in [-0.1, -0.05) is 12.1 Å². The maximum atomic E-state index is 12.0. The van der Waals surface area contributed by atoms with E-state index in [-0.39, 0.29) is 5.91 Å². The second-order valence-electron chi connectivity index (χ2n) is 7.29. The van der Waals surface area contributed by atoms with Crippen molar-refractivity contribution in [3.8, 4) is 0 Å². The maximum Gasteiger partial charge on any atom is 0.243 e. The van der Waals surface area contributed by atoms with Crippen LogP contribution in [0.3, 0.4) is 0 Å². The standard InChI is InChI=1S/C21H32N2O2/c1-15-11-17(3)20(12-16(15)2)7-8-21(24)22-9-6-10-23-13-18(4)25-19(5)14-23/h7-8,11-12,18-19H,6,9-10,13-14H2,1-5H3,(H,22,24)/b8-7+. The molecule has 1 aromatic rings. The highest BCUT2D eigenvalue weighted by Gasteiger charge is 2.21. The molecule has 1 fully saturated rings. The monoisotopic (exact) mass is 344 g/mol. The highest BCUT2D eigenvalue weighted by atomic mass is 16.5. The first kappa shape index (κ1) is 19.7. The number of aryl methyl sites for hydroxylation is 3. The van der Waals surface area contributed by atoms with E-state index in [1.807, 2.05) is 6.08 Å². The zero-order chi connectivity index (χ0) is 18.4. The highest BCUT2D eigenvalue weighted by Crippen LogP contribution is 2.16. The Bertz CT molecular complexity index is 615. The summed E-state index contributed by atoms with van der Waals surface area (Å²) in [5, 5.41) is 2.98. The lowest BCUT2D eigenvalue weighted by molar-refractivity contribution is -0.116. The topological polar surface area (TPSA) is 41.6 Å². The van der Waals surface area contributed by atoms with Crippen molar-refractivity contribution in [2.24, 2.45) is 0 Å². The molecule has 0 spiro atoms. The number of morpholine rings is 1. The number of benzene rings is 1. The molecule has 2 rings (SSSR count). The summed E-state index contributed by atoms with van der Waals surface area (Å²) in [6.07, 6.45) is 5.09. The molecule has 1 aliphatic heterocycles. The molecule has 0 aromatic heterocycles. The van der Waals surface area contributed by atoms with E-state index in [1.54, 1.807) is 6.08 Å². The highest BCUT2D eigenvalue weighted by molar-refractivity contribution is 5.91. The van der Waals surface area contributed by atoms with Crippen LogP contribution in [0.4, 0.5) is 0 Å². The molecule has 1 aromatic carbocycles. The third kappa shape index (κ3) is 6.29. The van der Waals surface area contributed by atoms with Crippen molar-refractivity contribution in [2.45, 2.75) is 53.2 Å². The number of carbonyl (C=O) groups is 1. The fraction of sp³-hybridized carbons (Fsp3) is 0.571. The number of amides is 1. The van der Waals surface area contributed by atoms with Gasteiger partial charge in [0.25, 0.3) is 0 Å². The smallest absolute Gasteiger partial charge is 0.243 e. The average molecular weight is 344 g/mol. The molecule has 0 aliphatic carbocycles. The Kier molecular flexibility index (Phi) is 7.21. The van der Waals surface area contributed by atoms with E-state index in [9.17, 15) is 4.79 Å². The van der Waals surface area contributed by atoms with Gasteiger partial charge in [-0.15, -0.1) is 0 Å². The van der Waals surface area contributed by atoms with Crippen LogP contribution in [-0.4, -0.2) is 49.2 Å². The Labute approximate surface area is 152 Å². The van der Waals surface area contributed by atoms with Gasteiger partial charge in [0.15, 0.2) is 0 Å². The third-order valence-electron chi connectivity index (χ3n) is 4.74. The quantitative estimate of drug-likeness (QED) is 0.636. The van der Waals surface area contributed by atoms with Crippen LogP contribution in [0, 0.1) is 20.8 Å². The maximum absolute atomic E-state index is 12.0. The van der Waals surface area contributed by atoms with Gasteiger partial charge in [-0.2, -0.15) is 0 Å². The first-order valence-corrected chi connectivity index (χ1v) is 9.26. The largest absolute Gasteiger partial charge is 0.373 e. The van der Waals surface area contributed by atoms with Crippen molar-refractivity contribution in [3.05, 3.63) is 40.5 Å². The molecule has 0 radical (unpaired) electrons. The first-order valence-electron chi connectivity index (χ1n) is 9.26. The summed E-state index contributed by atoms with van der Waals surface area (Å²) < 4.78 is 5.74. The van der Waals surface area contributed by atoms with E-state index < -0.39 is 0 Å². The Balaban J connectivity index is 1.73. The van der Waals surface area contributed by atoms with Crippen molar-refractivity contribution >= 4 is 12.0 Å². The molecular weight excluding hydrogens is 312 g/mol. The second kappa shape index (κ2) is 9.16. The van der Waals surface area contributed by atoms with Gasteiger partial charge in [0.05, 0.1) is 12.2 Å². The van der Waals surface area contributed by atoms with Crippen LogP contribution in [0.15, 0.2) is 18.2 Å². The number of hydrogen-bond acceptors (Lipinski definition) is 3. The number of rotatable bonds is 6. The summed E-state index contributed by atoms with van der Waals surface area (Å²) >= 11 is 0. The fourth-order valence-electron chi connectivity index (χ4n) is 3.37. The molecule has 1 saturated heterocycles. The van der Waals surface area contributed by atoms with Crippen molar-refractivity contribution < 1.29 is 9.53 Å². The van der Waals surface area contributed by atoms with Gasteiger partial charge in [-0.25, -0.2) is 0 Å². The molecule has 4 nitrogen and oxygen atoms in total. The van der Waals surface area contributed by atoms with Gasteiger partial charge in [0.2, 0.25) is 5.91 Å². The van der Waals surface area contributed by atoms with Gasteiger partial charge in [-0.05, 0) is 69.4 Å². The predicted octanol–water partition coefficient (Wildman–Crippen LogP) is 3.24. The zero-order valence-corrected chi connectivity index (χ0v) is 16.3. The Morgan fingerprint density at radius 1 is 1.16 bits per heavy atom. The van der Waals surface area contributed by atoms with Crippen molar-refractivity contribution in [3.63, 3.8) is 0 Å². The van der Waals surface area contributed by atoms with Crippen LogP contribution in [0.25, 0.3) is 6.08 Å². The number of carbonyl (C=O) groups excluding carboxylic acids is 1. The number of ether oxygens (including phenoxy) is 1. The SMILES string of the molecule is Cc1cc(C)c(/C=C/C(=O)NCCCN2CC(C)OC(C)C2)cc1C. The normalized spacial score (nSPS) is 21.6. The minimum Gasteiger partial charge on any atom is -0.373 e. The lowest BCUT2D eigenvalue weighted by Gasteiger charge is -2.35. The van der Waals surface area contributed by atoms with Crippen molar-refractivity contribution in [1.82, 2.24) is 10.2 Å². The molecule has 1 amide bonds. The molecule has 1 N–H and O–H groups in total. The summed E-state index contributed by atoms with van der Waals surface area (Å²) in [6, 6.07) is 4.30. The minimum atomic E-state index is -0.0265. The van der Waals surface area contributed by atoms with E-state index in [2.05, 4.69) is 57.0 Å². The van der Waals surface area contributed by atoms with Crippen LogP contribution in [0.2, 0.25) is 0 Å². The van der Waals surface area contributed by atoms with Gasteiger partial charge in [0.1, 0.15) is 0 Å². The molecule has 25 heavy (non-hydrogen) atoms. The number of nitrogens with one attached hydrogen (secondary N) is 1. The molecule has 4 heteroatoms. The van der Waals surface area contributed by atoms with E-state index in [4.69, 9.17) is 4.74 Å². The van der Waals surface area contributed by atoms with Crippen LogP contribution < -0.4 is 5.32 Å². The summed E-state index contributed by atoms with van der Waals surface area (Å²) in [5.74, 6) is -0.0265. The predicted molar refractivity (Wildman–Crippen MR) is 104 cm³/mol. The minimum absolute atomic E-state index is 0.0265. The summed E-state index contributed by atoms with van der Waals surface area (Å²) in [4.78, 5) is 14.4. The van der Waals surface area contributed by atoms with Gasteiger partial charge >= 0.3 is 0 Å². The molecule has 2 unspecified atom stereocenters. The summed E-state index contributed by atoms with van der Waals surface area (Å²) in [6.45, 7) is 14.2. The number of hydrogen-bond donors (Lipinski definition) is 1. The Hall–Kier alpha value is -1.65. The first-order chi connectivity index (χ1) is 11.8. The molecule has 2 atom stereocenters. The van der Waals surface area contributed by atoms with Crippen molar-refractivity contribution in [2.75, 3.05) is 26.2 Å². The second-order valence-corrected chi connectivity index (χ2v) is 7.29. The molecule has 1 aliphatic rings. The van der Waals surface area contributed by atoms with Crippen LogP contribution in [0.5, 0.6) is 0 Å². The molecule has 138 valence electrons. The van der Waals surface area contributed by atoms with E-state index >= 15 is 0 Å². The fourth-order valence-corrected chi connectivity index (χ4v) is 3.37. The van der Waals surface area contributed by atoms with E-state index in [0.29, 0.717) is 18.8 Å². The van der Waals surface area contributed by atoms with Crippen LogP contribution >= 0.6 is 0 Å². The van der Waals surface area contributed by atoms with Crippen LogP contribution in [0.1, 0.15) is 42.5 Å². The number of nitrogens with zero attached hydrogens (tertiary/aromatic N) is 1. The average Bonchev–Trinajstić information content (AvgIpc) is 2.53. The molecule has 1 heterocycles. The molecular formula is C21H32N2O2. The van der Waals surface area contributed by atoms with E-state index in [0.717, 1.165) is 31.6 Å². The lowest BCUT2D eigenvalue weighted by Crippen LogP contribution is -2.46. The van der Waals surface area contributed by atoms with Gasteiger partial charge < -0.3 is 10.1 Å². The summed E-state index contributed by atoms with van der Waals surface area (Å²) in [7, 11) is 0.